The molecule has 1 aliphatic carbocycles. The van der Waals surface area contributed by atoms with Gasteiger partial charge >= 0.3 is 0 Å². The minimum absolute atomic E-state index is 0.237. The van der Waals surface area contributed by atoms with E-state index < -0.39 is 0 Å². The van der Waals surface area contributed by atoms with E-state index in [0.29, 0.717) is 5.92 Å². The largest absolute Gasteiger partial charge is 0.310 e. The van der Waals surface area contributed by atoms with Crippen molar-refractivity contribution >= 4 is 0 Å². The van der Waals surface area contributed by atoms with Crippen molar-refractivity contribution in [3.05, 3.63) is 29.8 Å². The predicted molar refractivity (Wildman–Crippen MR) is 62.5 cm³/mol. The lowest BCUT2D eigenvalue weighted by Gasteiger charge is -2.25. The Kier molecular flexibility index (Phi) is 3.54. The molecule has 1 aromatic heterocycles. The van der Waals surface area contributed by atoms with Crippen molar-refractivity contribution in [2.75, 3.05) is 6.54 Å². The van der Waals surface area contributed by atoms with Crippen LogP contribution in [0.15, 0.2) is 18.5 Å². The van der Waals surface area contributed by atoms with Crippen molar-refractivity contribution in [3.8, 4) is 0 Å². The smallest absolute Gasteiger partial charge is 0.141 e. The number of hydrogen-bond acceptors (Lipinski definition) is 2. The lowest BCUT2D eigenvalue weighted by molar-refractivity contribution is 0.353. The molecule has 0 bridgehead atoms. The van der Waals surface area contributed by atoms with E-state index in [0.717, 1.165) is 18.0 Å². The van der Waals surface area contributed by atoms with Crippen LogP contribution >= 0.6 is 0 Å². The fourth-order valence-corrected chi connectivity index (χ4v) is 2.32. The average molecular weight is 222 g/mol. The molecule has 2 nitrogen and oxygen atoms in total. The van der Waals surface area contributed by atoms with Crippen LogP contribution in [0.5, 0.6) is 0 Å². The third-order valence-corrected chi connectivity index (χ3v) is 3.40. The van der Waals surface area contributed by atoms with Crippen molar-refractivity contribution in [2.45, 2.75) is 32.7 Å². The van der Waals surface area contributed by atoms with Crippen LogP contribution in [0.2, 0.25) is 0 Å². The van der Waals surface area contributed by atoms with E-state index in [-0.39, 0.29) is 11.9 Å². The maximum Gasteiger partial charge on any atom is 0.141 e. The van der Waals surface area contributed by atoms with Crippen molar-refractivity contribution in [2.24, 2.45) is 11.8 Å². The summed E-state index contributed by atoms with van der Waals surface area (Å²) in [5.41, 5.74) is 0.973. The van der Waals surface area contributed by atoms with Crippen LogP contribution in [-0.4, -0.2) is 11.5 Å². The fourth-order valence-electron chi connectivity index (χ4n) is 2.32. The van der Waals surface area contributed by atoms with Gasteiger partial charge in [0.25, 0.3) is 0 Å². The Labute approximate surface area is 96.3 Å². The SMILES string of the molecule is CCNC(c1cncc(F)c1)C(C)C1CC1. The molecule has 1 heterocycles. The number of rotatable bonds is 5. The van der Waals surface area contributed by atoms with Crippen molar-refractivity contribution in [1.82, 2.24) is 10.3 Å². The van der Waals surface area contributed by atoms with E-state index in [1.165, 1.54) is 19.0 Å². The van der Waals surface area contributed by atoms with Gasteiger partial charge in [0.1, 0.15) is 5.82 Å². The van der Waals surface area contributed by atoms with Gasteiger partial charge in [0, 0.05) is 12.2 Å². The molecule has 2 atom stereocenters. The van der Waals surface area contributed by atoms with Crippen LogP contribution in [0.4, 0.5) is 4.39 Å². The second-order valence-corrected chi connectivity index (χ2v) is 4.67. The summed E-state index contributed by atoms with van der Waals surface area (Å²) in [4.78, 5) is 3.93. The van der Waals surface area contributed by atoms with Gasteiger partial charge < -0.3 is 5.32 Å². The number of hydrogen-bond donors (Lipinski definition) is 1. The Morgan fingerprint density at radius 2 is 2.25 bits per heavy atom. The molecule has 0 aliphatic heterocycles. The van der Waals surface area contributed by atoms with E-state index in [2.05, 4.69) is 24.1 Å². The quantitative estimate of drug-likeness (QED) is 0.828. The Bertz CT molecular complexity index is 350. The first kappa shape index (κ1) is 11.5. The standard InChI is InChI=1S/C13H19FN2/c1-3-16-13(9(2)10-4-5-10)11-6-12(14)8-15-7-11/h6-10,13,16H,3-5H2,1-2H3. The summed E-state index contributed by atoms with van der Waals surface area (Å²) in [6.07, 6.45) is 5.65. The molecule has 88 valence electrons. The molecule has 0 radical (unpaired) electrons. The Morgan fingerprint density at radius 1 is 1.50 bits per heavy atom. The minimum atomic E-state index is -0.247. The third kappa shape index (κ3) is 2.59. The lowest BCUT2D eigenvalue weighted by atomic mass is 9.91. The molecule has 1 aromatic rings. The molecule has 0 saturated heterocycles. The van der Waals surface area contributed by atoms with Gasteiger partial charge in [-0.05, 0) is 42.9 Å². The highest BCUT2D eigenvalue weighted by Gasteiger charge is 2.33. The zero-order valence-electron chi connectivity index (χ0n) is 9.91. The molecule has 0 amide bonds. The van der Waals surface area contributed by atoms with Gasteiger partial charge in [-0.25, -0.2) is 4.39 Å². The second-order valence-electron chi connectivity index (χ2n) is 4.67. The van der Waals surface area contributed by atoms with Gasteiger partial charge in [-0.1, -0.05) is 13.8 Å². The fraction of sp³-hybridized carbons (Fsp3) is 0.615. The van der Waals surface area contributed by atoms with Crippen LogP contribution < -0.4 is 5.32 Å². The summed E-state index contributed by atoms with van der Waals surface area (Å²) in [6, 6.07) is 1.83. The van der Waals surface area contributed by atoms with Crippen molar-refractivity contribution in [1.29, 1.82) is 0 Å². The highest BCUT2D eigenvalue weighted by atomic mass is 19.1. The summed E-state index contributed by atoms with van der Waals surface area (Å²) in [7, 11) is 0. The normalized spacial score (nSPS) is 19.4. The van der Waals surface area contributed by atoms with Gasteiger partial charge in [0.2, 0.25) is 0 Å². The summed E-state index contributed by atoms with van der Waals surface area (Å²) >= 11 is 0. The van der Waals surface area contributed by atoms with E-state index in [9.17, 15) is 4.39 Å². The zero-order valence-corrected chi connectivity index (χ0v) is 9.91. The third-order valence-electron chi connectivity index (χ3n) is 3.40. The molecule has 0 spiro atoms. The van der Waals surface area contributed by atoms with Gasteiger partial charge in [0.15, 0.2) is 0 Å². The summed E-state index contributed by atoms with van der Waals surface area (Å²) in [5, 5.41) is 3.44. The number of pyridine rings is 1. The maximum atomic E-state index is 13.2. The van der Waals surface area contributed by atoms with E-state index in [1.807, 2.05) is 0 Å². The number of nitrogens with one attached hydrogen (secondary N) is 1. The Hall–Kier alpha value is -0.960. The number of aromatic nitrogens is 1. The van der Waals surface area contributed by atoms with Crippen LogP contribution in [0, 0.1) is 17.7 Å². The topological polar surface area (TPSA) is 24.9 Å². The maximum absolute atomic E-state index is 13.2. The molecule has 1 aliphatic rings. The van der Waals surface area contributed by atoms with Crippen molar-refractivity contribution < 1.29 is 4.39 Å². The Balaban J connectivity index is 2.17. The number of nitrogens with zero attached hydrogens (tertiary/aromatic N) is 1. The molecule has 0 aromatic carbocycles. The summed E-state index contributed by atoms with van der Waals surface area (Å²) in [6.45, 7) is 5.23. The monoisotopic (exact) mass is 222 g/mol. The predicted octanol–water partition coefficient (Wildman–Crippen LogP) is 2.92. The first-order valence-corrected chi connectivity index (χ1v) is 6.06. The van der Waals surface area contributed by atoms with E-state index in [4.69, 9.17) is 0 Å². The molecule has 2 unspecified atom stereocenters. The van der Waals surface area contributed by atoms with Crippen LogP contribution in [0.3, 0.4) is 0 Å². The van der Waals surface area contributed by atoms with E-state index in [1.54, 1.807) is 12.3 Å². The summed E-state index contributed by atoms with van der Waals surface area (Å²) in [5.74, 6) is 1.11. The molecular weight excluding hydrogens is 203 g/mol. The first-order chi connectivity index (χ1) is 7.72. The molecular formula is C13H19FN2. The molecule has 2 rings (SSSR count). The molecule has 3 heteroatoms. The Morgan fingerprint density at radius 3 is 2.81 bits per heavy atom. The van der Waals surface area contributed by atoms with E-state index >= 15 is 0 Å². The van der Waals surface area contributed by atoms with Crippen LogP contribution in [0.25, 0.3) is 0 Å². The molecule has 1 N–H and O–H groups in total. The lowest BCUT2D eigenvalue weighted by Crippen LogP contribution is -2.28. The highest BCUT2D eigenvalue weighted by molar-refractivity contribution is 5.16. The second kappa shape index (κ2) is 4.91. The van der Waals surface area contributed by atoms with Gasteiger partial charge in [-0.2, -0.15) is 0 Å². The first-order valence-electron chi connectivity index (χ1n) is 6.06. The zero-order chi connectivity index (χ0) is 11.5. The number of halogens is 1. The summed E-state index contributed by atoms with van der Waals surface area (Å²) < 4.78 is 13.2. The van der Waals surface area contributed by atoms with Crippen molar-refractivity contribution in [3.63, 3.8) is 0 Å². The van der Waals surface area contributed by atoms with Gasteiger partial charge in [0.05, 0.1) is 6.20 Å². The average Bonchev–Trinajstić information content (AvgIpc) is 3.08. The minimum Gasteiger partial charge on any atom is -0.310 e. The molecule has 1 fully saturated rings. The van der Waals surface area contributed by atoms with Gasteiger partial charge in [-0.3, -0.25) is 4.98 Å². The van der Waals surface area contributed by atoms with Crippen LogP contribution in [0.1, 0.15) is 38.3 Å². The highest BCUT2D eigenvalue weighted by Crippen LogP contribution is 2.42. The van der Waals surface area contributed by atoms with Crippen LogP contribution in [-0.2, 0) is 0 Å². The van der Waals surface area contributed by atoms with Gasteiger partial charge in [-0.15, -0.1) is 0 Å². The molecule has 1 saturated carbocycles. The molecule has 16 heavy (non-hydrogen) atoms.